The number of ether oxygens (including phenoxy) is 1. The van der Waals surface area contributed by atoms with Crippen molar-refractivity contribution in [1.29, 1.82) is 0 Å². The third-order valence-electron chi connectivity index (χ3n) is 5.12. The number of nitrogens with zero attached hydrogens (tertiary/aromatic N) is 1. The summed E-state index contributed by atoms with van der Waals surface area (Å²) in [4.78, 5) is 14.5. The van der Waals surface area contributed by atoms with E-state index in [2.05, 4.69) is 45.9 Å². The van der Waals surface area contributed by atoms with Gasteiger partial charge in [0.25, 0.3) is 0 Å². The van der Waals surface area contributed by atoms with E-state index in [4.69, 9.17) is 4.74 Å². The van der Waals surface area contributed by atoms with Gasteiger partial charge in [-0.15, -0.1) is 0 Å². The molecule has 2 N–H and O–H groups in total. The number of hydrogen-bond acceptors (Lipinski definition) is 3. The van der Waals surface area contributed by atoms with Gasteiger partial charge in [-0.3, -0.25) is 4.90 Å². The number of amides is 2. The number of methoxy groups -OCH3 is 1. The second kappa shape index (κ2) is 9.97. The van der Waals surface area contributed by atoms with Crippen LogP contribution in [0, 0.1) is 5.92 Å². The zero-order valence-corrected chi connectivity index (χ0v) is 16.0. The Morgan fingerprint density at radius 1 is 1.00 bits per heavy atom. The molecule has 2 amide bonds. The van der Waals surface area contributed by atoms with Crippen LogP contribution < -0.4 is 15.4 Å². The molecular formula is C22H29N3O2. The van der Waals surface area contributed by atoms with E-state index in [1.165, 1.54) is 5.56 Å². The first kappa shape index (κ1) is 19.2. The second-order valence-electron chi connectivity index (χ2n) is 7.12. The van der Waals surface area contributed by atoms with Gasteiger partial charge in [-0.2, -0.15) is 0 Å². The van der Waals surface area contributed by atoms with Crippen molar-refractivity contribution in [2.24, 2.45) is 5.92 Å². The summed E-state index contributed by atoms with van der Waals surface area (Å²) in [7, 11) is 1.65. The maximum Gasteiger partial charge on any atom is 0.315 e. The summed E-state index contributed by atoms with van der Waals surface area (Å²) in [5, 5.41) is 5.93. The Morgan fingerprint density at radius 3 is 2.37 bits per heavy atom. The van der Waals surface area contributed by atoms with Crippen LogP contribution in [0.2, 0.25) is 0 Å². The molecule has 1 aliphatic rings. The van der Waals surface area contributed by atoms with Crippen molar-refractivity contribution < 1.29 is 9.53 Å². The minimum absolute atomic E-state index is 0.0995. The summed E-state index contributed by atoms with van der Waals surface area (Å²) < 4.78 is 5.14. The van der Waals surface area contributed by atoms with Crippen LogP contribution in [-0.2, 0) is 13.1 Å². The minimum atomic E-state index is -0.0995. The molecule has 0 spiro atoms. The fourth-order valence-corrected chi connectivity index (χ4v) is 3.42. The van der Waals surface area contributed by atoms with Crippen LogP contribution >= 0.6 is 0 Å². The third-order valence-corrected chi connectivity index (χ3v) is 5.12. The van der Waals surface area contributed by atoms with Gasteiger partial charge in [0.2, 0.25) is 0 Å². The molecule has 2 aromatic carbocycles. The van der Waals surface area contributed by atoms with E-state index in [9.17, 15) is 4.79 Å². The Labute approximate surface area is 161 Å². The number of nitrogens with one attached hydrogen (secondary N) is 2. The van der Waals surface area contributed by atoms with Crippen LogP contribution in [-0.4, -0.2) is 37.7 Å². The predicted molar refractivity (Wildman–Crippen MR) is 108 cm³/mol. The molecule has 1 fully saturated rings. The molecule has 1 aliphatic heterocycles. The molecular weight excluding hydrogens is 338 g/mol. The lowest BCUT2D eigenvalue weighted by Crippen LogP contribution is -2.41. The molecule has 0 bridgehead atoms. The number of hydrogen-bond donors (Lipinski definition) is 2. The van der Waals surface area contributed by atoms with Gasteiger partial charge < -0.3 is 15.4 Å². The van der Waals surface area contributed by atoms with Crippen LogP contribution in [0.4, 0.5) is 4.79 Å². The van der Waals surface area contributed by atoms with E-state index in [1.54, 1.807) is 7.11 Å². The molecule has 2 aromatic rings. The van der Waals surface area contributed by atoms with Gasteiger partial charge >= 0.3 is 6.03 Å². The number of benzene rings is 2. The Morgan fingerprint density at radius 2 is 1.70 bits per heavy atom. The molecule has 1 saturated heterocycles. The van der Waals surface area contributed by atoms with Crippen molar-refractivity contribution in [1.82, 2.24) is 15.5 Å². The van der Waals surface area contributed by atoms with Crippen molar-refractivity contribution in [2.75, 3.05) is 26.7 Å². The molecule has 3 rings (SSSR count). The largest absolute Gasteiger partial charge is 0.497 e. The highest BCUT2D eigenvalue weighted by Crippen LogP contribution is 2.18. The second-order valence-corrected chi connectivity index (χ2v) is 7.12. The normalized spacial score (nSPS) is 15.3. The maximum atomic E-state index is 12.0. The zero-order chi connectivity index (χ0) is 18.9. The van der Waals surface area contributed by atoms with E-state index in [0.29, 0.717) is 12.5 Å². The smallest absolute Gasteiger partial charge is 0.315 e. The topological polar surface area (TPSA) is 53.6 Å². The molecule has 0 saturated carbocycles. The van der Waals surface area contributed by atoms with Gasteiger partial charge in [-0.25, -0.2) is 4.79 Å². The highest BCUT2D eigenvalue weighted by molar-refractivity contribution is 5.73. The van der Waals surface area contributed by atoms with Crippen LogP contribution in [0.25, 0.3) is 0 Å². The van der Waals surface area contributed by atoms with E-state index >= 15 is 0 Å². The van der Waals surface area contributed by atoms with Gasteiger partial charge in [-0.1, -0.05) is 42.5 Å². The van der Waals surface area contributed by atoms with Crippen LogP contribution in [0.5, 0.6) is 5.75 Å². The predicted octanol–water partition coefficient (Wildman–Crippen LogP) is 3.41. The monoisotopic (exact) mass is 367 g/mol. The highest BCUT2D eigenvalue weighted by atomic mass is 16.5. The van der Waals surface area contributed by atoms with E-state index in [-0.39, 0.29) is 6.03 Å². The molecule has 0 aromatic heterocycles. The van der Waals surface area contributed by atoms with Crippen molar-refractivity contribution in [3.8, 4) is 5.75 Å². The quantitative estimate of drug-likeness (QED) is 0.789. The molecule has 144 valence electrons. The van der Waals surface area contributed by atoms with Crippen molar-refractivity contribution in [3.63, 3.8) is 0 Å². The number of carbonyl (C=O) groups is 1. The highest BCUT2D eigenvalue weighted by Gasteiger charge is 2.19. The zero-order valence-electron chi connectivity index (χ0n) is 16.0. The first-order valence-electron chi connectivity index (χ1n) is 9.64. The molecule has 0 atom stereocenters. The Hall–Kier alpha value is -2.53. The SMILES string of the molecule is COc1ccc(CNC(=O)NCC2CCN(Cc3ccccc3)CC2)cc1. The standard InChI is InChI=1S/C22H29N3O2/c1-27-21-9-7-18(8-10-21)15-23-22(26)24-16-19-11-13-25(14-12-19)17-20-5-3-2-4-6-20/h2-10,19H,11-17H2,1H3,(H2,23,24,26). The summed E-state index contributed by atoms with van der Waals surface area (Å²) in [5.74, 6) is 1.38. The lowest BCUT2D eigenvalue weighted by molar-refractivity contribution is 0.175. The lowest BCUT2D eigenvalue weighted by Gasteiger charge is -2.32. The molecule has 5 heteroatoms. The minimum Gasteiger partial charge on any atom is -0.497 e. The number of rotatable bonds is 7. The van der Waals surface area contributed by atoms with Crippen LogP contribution in [0.15, 0.2) is 54.6 Å². The molecule has 27 heavy (non-hydrogen) atoms. The first-order chi connectivity index (χ1) is 13.2. The number of piperidine rings is 1. The van der Waals surface area contributed by atoms with Crippen molar-refractivity contribution in [3.05, 3.63) is 65.7 Å². The fraction of sp³-hybridized carbons (Fsp3) is 0.409. The van der Waals surface area contributed by atoms with Crippen molar-refractivity contribution in [2.45, 2.75) is 25.9 Å². The maximum absolute atomic E-state index is 12.0. The van der Waals surface area contributed by atoms with Crippen molar-refractivity contribution >= 4 is 6.03 Å². The number of urea groups is 1. The third kappa shape index (κ3) is 6.29. The average molecular weight is 367 g/mol. The summed E-state index contributed by atoms with van der Waals surface area (Å²) in [6.45, 7) is 4.46. The summed E-state index contributed by atoms with van der Waals surface area (Å²) in [5.41, 5.74) is 2.42. The number of carbonyl (C=O) groups excluding carboxylic acids is 1. The summed E-state index contributed by atoms with van der Waals surface area (Å²) in [6.07, 6.45) is 2.26. The van der Waals surface area contributed by atoms with E-state index in [0.717, 1.165) is 50.3 Å². The van der Waals surface area contributed by atoms with Gasteiger partial charge in [0.1, 0.15) is 5.75 Å². The van der Waals surface area contributed by atoms with Crippen LogP contribution in [0.3, 0.4) is 0 Å². The van der Waals surface area contributed by atoms with Crippen LogP contribution in [0.1, 0.15) is 24.0 Å². The molecule has 0 radical (unpaired) electrons. The first-order valence-corrected chi connectivity index (χ1v) is 9.64. The molecule has 1 heterocycles. The Kier molecular flexibility index (Phi) is 7.11. The molecule has 0 aliphatic carbocycles. The van der Waals surface area contributed by atoms with E-state index in [1.807, 2.05) is 24.3 Å². The lowest BCUT2D eigenvalue weighted by atomic mass is 9.96. The average Bonchev–Trinajstić information content (AvgIpc) is 2.73. The van der Waals surface area contributed by atoms with Gasteiger partial charge in [-0.05, 0) is 55.1 Å². The Balaban J connectivity index is 1.31. The number of likely N-dealkylation sites (tertiary alicyclic amines) is 1. The Bertz CT molecular complexity index is 695. The van der Waals surface area contributed by atoms with Gasteiger partial charge in [0.15, 0.2) is 0 Å². The summed E-state index contributed by atoms with van der Waals surface area (Å²) >= 11 is 0. The fourth-order valence-electron chi connectivity index (χ4n) is 3.42. The molecule has 0 unspecified atom stereocenters. The molecule has 5 nitrogen and oxygen atoms in total. The summed E-state index contributed by atoms with van der Waals surface area (Å²) in [6, 6.07) is 18.2. The van der Waals surface area contributed by atoms with Gasteiger partial charge in [0.05, 0.1) is 7.11 Å². The van der Waals surface area contributed by atoms with E-state index < -0.39 is 0 Å². The van der Waals surface area contributed by atoms with Gasteiger partial charge in [0, 0.05) is 19.6 Å².